The van der Waals surface area contributed by atoms with Crippen LogP contribution in [-0.2, 0) is 9.59 Å². The van der Waals surface area contributed by atoms with E-state index in [0.717, 1.165) is 0 Å². The molecule has 0 saturated carbocycles. The van der Waals surface area contributed by atoms with E-state index in [1.807, 2.05) is 18.2 Å². The van der Waals surface area contributed by atoms with Crippen LogP contribution in [0.1, 0.15) is 31.6 Å². The molecule has 0 radical (unpaired) electrons. The Labute approximate surface area is 132 Å². The number of benzene rings is 1. The van der Waals surface area contributed by atoms with Crippen molar-refractivity contribution in [3.8, 4) is 0 Å². The van der Waals surface area contributed by atoms with E-state index in [9.17, 15) is 9.59 Å². The van der Waals surface area contributed by atoms with Crippen LogP contribution in [0.4, 0.5) is 5.69 Å². The molecule has 1 N–H and O–H groups in total. The zero-order chi connectivity index (χ0) is 16.2. The fraction of sp³-hybridized carbons (Fsp3) is 0.267. The van der Waals surface area contributed by atoms with E-state index in [-0.39, 0.29) is 18.2 Å². The Hall–Kier alpha value is -3.03. The van der Waals surface area contributed by atoms with Crippen molar-refractivity contribution in [2.24, 2.45) is 5.10 Å². The molecule has 1 aliphatic heterocycles. The Morgan fingerprint density at radius 2 is 2.09 bits per heavy atom. The van der Waals surface area contributed by atoms with E-state index in [0.29, 0.717) is 23.6 Å². The molecule has 1 atom stereocenters. The number of nitrogens with zero attached hydrogens (tertiary/aromatic N) is 4. The van der Waals surface area contributed by atoms with Gasteiger partial charge in [0.25, 0.3) is 5.91 Å². The third kappa shape index (κ3) is 3.25. The summed E-state index contributed by atoms with van der Waals surface area (Å²) in [7, 11) is 0. The summed E-state index contributed by atoms with van der Waals surface area (Å²) in [6, 6.07) is 8.60. The van der Waals surface area contributed by atoms with E-state index in [1.54, 1.807) is 19.1 Å². The van der Waals surface area contributed by atoms with Crippen molar-refractivity contribution in [1.29, 1.82) is 0 Å². The first kappa shape index (κ1) is 14.9. The molecule has 0 saturated heterocycles. The van der Waals surface area contributed by atoms with Crippen molar-refractivity contribution in [2.45, 2.75) is 25.8 Å². The van der Waals surface area contributed by atoms with E-state index < -0.39 is 6.04 Å². The van der Waals surface area contributed by atoms with Crippen LogP contribution in [0.3, 0.4) is 0 Å². The molecule has 1 aromatic heterocycles. The van der Waals surface area contributed by atoms with Crippen molar-refractivity contribution in [3.05, 3.63) is 42.5 Å². The van der Waals surface area contributed by atoms with Crippen LogP contribution in [0.2, 0.25) is 0 Å². The maximum Gasteiger partial charge on any atom is 0.268 e. The third-order valence-corrected chi connectivity index (χ3v) is 3.41. The Balaban J connectivity index is 1.76. The number of hydrazone groups is 1. The topological polar surface area (TPSA) is 101 Å². The summed E-state index contributed by atoms with van der Waals surface area (Å²) in [5, 5.41) is 11.9. The van der Waals surface area contributed by atoms with Gasteiger partial charge in [0.05, 0.1) is 11.7 Å². The lowest BCUT2D eigenvalue weighted by Gasteiger charge is -2.23. The molecule has 1 unspecified atom stereocenters. The standard InChI is InChI=1S/C15H15N5O3/c1-10(14-16-9-23-19-14)17-15(22)12-7-8-13(21)20(18-12)11-5-3-2-4-6-11/h2-6,9-10H,7-8H2,1H3,(H,17,22). The smallest absolute Gasteiger partial charge is 0.268 e. The number of rotatable bonds is 4. The van der Waals surface area contributed by atoms with Gasteiger partial charge in [-0.1, -0.05) is 23.4 Å². The van der Waals surface area contributed by atoms with Gasteiger partial charge < -0.3 is 9.84 Å². The molecule has 0 fully saturated rings. The molecular weight excluding hydrogens is 298 g/mol. The number of amides is 2. The zero-order valence-electron chi connectivity index (χ0n) is 12.5. The first-order chi connectivity index (χ1) is 11.1. The SMILES string of the molecule is CC(NC(=O)C1=NN(c2ccccc2)C(=O)CC1)c1ncon1. The molecule has 3 rings (SSSR count). The predicted octanol–water partition coefficient (Wildman–Crippen LogP) is 1.43. The largest absolute Gasteiger partial charge is 0.343 e. The Morgan fingerprint density at radius 1 is 1.30 bits per heavy atom. The summed E-state index contributed by atoms with van der Waals surface area (Å²) in [5.41, 5.74) is 0.928. The summed E-state index contributed by atoms with van der Waals surface area (Å²) >= 11 is 0. The molecule has 0 bridgehead atoms. The number of anilines is 1. The Morgan fingerprint density at radius 3 is 2.78 bits per heavy atom. The maximum atomic E-state index is 12.3. The fourth-order valence-electron chi connectivity index (χ4n) is 2.20. The van der Waals surface area contributed by atoms with Crippen LogP contribution in [0.5, 0.6) is 0 Å². The molecule has 8 nitrogen and oxygen atoms in total. The van der Waals surface area contributed by atoms with Crippen molar-refractivity contribution < 1.29 is 14.1 Å². The van der Waals surface area contributed by atoms with Gasteiger partial charge in [-0.3, -0.25) is 9.59 Å². The van der Waals surface area contributed by atoms with Gasteiger partial charge in [-0.25, -0.2) is 5.01 Å². The number of nitrogens with one attached hydrogen (secondary N) is 1. The lowest BCUT2D eigenvalue weighted by molar-refractivity contribution is -0.119. The van der Waals surface area contributed by atoms with Crippen molar-refractivity contribution in [2.75, 3.05) is 5.01 Å². The number of carbonyl (C=O) groups excluding carboxylic acids is 2. The summed E-state index contributed by atoms with van der Waals surface area (Å²) in [4.78, 5) is 28.2. The maximum absolute atomic E-state index is 12.3. The monoisotopic (exact) mass is 313 g/mol. The molecular formula is C15H15N5O3. The second kappa shape index (κ2) is 6.39. The lowest BCUT2D eigenvalue weighted by atomic mass is 10.1. The molecule has 23 heavy (non-hydrogen) atoms. The Kier molecular flexibility index (Phi) is 4.13. The van der Waals surface area contributed by atoms with Gasteiger partial charge in [-0.05, 0) is 19.1 Å². The highest BCUT2D eigenvalue weighted by Crippen LogP contribution is 2.20. The van der Waals surface area contributed by atoms with Crippen LogP contribution in [0.25, 0.3) is 0 Å². The minimum Gasteiger partial charge on any atom is -0.343 e. The molecule has 8 heteroatoms. The van der Waals surface area contributed by atoms with E-state index in [4.69, 9.17) is 0 Å². The average Bonchev–Trinajstić information content (AvgIpc) is 3.10. The third-order valence-electron chi connectivity index (χ3n) is 3.41. The normalized spacial score (nSPS) is 16.0. The van der Waals surface area contributed by atoms with Crippen molar-refractivity contribution in [1.82, 2.24) is 15.5 Å². The molecule has 2 heterocycles. The number of hydrogen-bond donors (Lipinski definition) is 1. The second-order valence-corrected chi connectivity index (χ2v) is 5.07. The molecule has 1 aromatic carbocycles. The average molecular weight is 313 g/mol. The summed E-state index contributed by atoms with van der Waals surface area (Å²) < 4.78 is 4.66. The van der Waals surface area contributed by atoms with Gasteiger partial charge >= 0.3 is 0 Å². The first-order valence-corrected chi connectivity index (χ1v) is 7.18. The Bertz CT molecular complexity index is 727. The van der Waals surface area contributed by atoms with Crippen LogP contribution in [0, 0.1) is 0 Å². The van der Waals surface area contributed by atoms with Gasteiger partial charge in [-0.2, -0.15) is 10.1 Å². The van der Waals surface area contributed by atoms with Gasteiger partial charge in [0, 0.05) is 12.8 Å². The summed E-state index contributed by atoms with van der Waals surface area (Å²) in [5.74, 6) is -0.111. The van der Waals surface area contributed by atoms with E-state index in [2.05, 4.69) is 25.1 Å². The number of hydrogen-bond acceptors (Lipinski definition) is 6. The van der Waals surface area contributed by atoms with Crippen molar-refractivity contribution >= 4 is 23.2 Å². The molecule has 118 valence electrons. The molecule has 0 aliphatic carbocycles. The highest BCUT2D eigenvalue weighted by Gasteiger charge is 2.26. The minimum absolute atomic E-state index is 0.140. The molecule has 0 spiro atoms. The van der Waals surface area contributed by atoms with Crippen LogP contribution >= 0.6 is 0 Å². The summed E-state index contributed by atoms with van der Waals surface area (Å²) in [6.07, 6.45) is 1.73. The molecule has 1 aliphatic rings. The lowest BCUT2D eigenvalue weighted by Crippen LogP contribution is -2.40. The minimum atomic E-state index is -0.410. The highest BCUT2D eigenvalue weighted by atomic mass is 16.5. The van der Waals surface area contributed by atoms with Gasteiger partial charge in [0.2, 0.25) is 12.3 Å². The first-order valence-electron chi connectivity index (χ1n) is 7.18. The van der Waals surface area contributed by atoms with Crippen LogP contribution in [0.15, 0.2) is 46.3 Å². The number of carbonyl (C=O) groups is 2. The quantitative estimate of drug-likeness (QED) is 0.920. The van der Waals surface area contributed by atoms with E-state index in [1.165, 1.54) is 11.4 Å². The summed E-state index contributed by atoms with van der Waals surface area (Å²) in [6.45, 7) is 1.74. The van der Waals surface area contributed by atoms with Gasteiger partial charge in [0.15, 0.2) is 5.82 Å². The highest BCUT2D eigenvalue weighted by molar-refractivity contribution is 6.40. The van der Waals surface area contributed by atoms with Crippen LogP contribution in [-0.4, -0.2) is 27.7 Å². The van der Waals surface area contributed by atoms with Gasteiger partial charge in [0.1, 0.15) is 5.71 Å². The second-order valence-electron chi connectivity index (χ2n) is 5.07. The van der Waals surface area contributed by atoms with E-state index >= 15 is 0 Å². The number of aromatic nitrogens is 2. The molecule has 2 amide bonds. The predicted molar refractivity (Wildman–Crippen MR) is 81.5 cm³/mol. The fourth-order valence-corrected chi connectivity index (χ4v) is 2.20. The zero-order valence-corrected chi connectivity index (χ0v) is 12.5. The van der Waals surface area contributed by atoms with Crippen molar-refractivity contribution in [3.63, 3.8) is 0 Å². The molecule has 2 aromatic rings. The van der Waals surface area contributed by atoms with Crippen LogP contribution < -0.4 is 10.3 Å². The van der Waals surface area contributed by atoms with Gasteiger partial charge in [-0.15, -0.1) is 0 Å². The number of para-hydroxylation sites is 1.